The molecule has 0 unspecified atom stereocenters. The van der Waals surface area contributed by atoms with Crippen LogP contribution >= 0.6 is 11.8 Å². The van der Waals surface area contributed by atoms with Crippen LogP contribution in [-0.2, 0) is 5.75 Å². The fourth-order valence-electron chi connectivity index (χ4n) is 1.01. The number of hydrogen-bond donors (Lipinski definition) is 0. The highest BCUT2D eigenvalue weighted by Crippen LogP contribution is 2.17. The van der Waals surface area contributed by atoms with E-state index in [0.29, 0.717) is 23.2 Å². The normalized spacial score (nSPS) is 10.1. The summed E-state index contributed by atoms with van der Waals surface area (Å²) in [5.74, 6) is 2.00. The molecule has 2 aromatic rings. The van der Waals surface area contributed by atoms with Gasteiger partial charge in [0.1, 0.15) is 6.26 Å². The molecule has 2 aromatic heterocycles. The van der Waals surface area contributed by atoms with Crippen molar-refractivity contribution in [3.63, 3.8) is 0 Å². The summed E-state index contributed by atoms with van der Waals surface area (Å²) in [6.45, 7) is 0. The standard InChI is InChI=1S/C9H7N3O2S/c10-2-4-15-6-8-11-9(12-14-8)7-1-3-13-5-7/h1,3,5H,4,6H2. The Labute approximate surface area is 90.1 Å². The first-order chi connectivity index (χ1) is 7.40. The third-order valence-electron chi connectivity index (χ3n) is 1.64. The number of nitrogens with zero attached hydrogens (tertiary/aromatic N) is 3. The van der Waals surface area contributed by atoms with Crippen molar-refractivity contribution in [2.24, 2.45) is 0 Å². The Balaban J connectivity index is 2.02. The molecule has 0 saturated carbocycles. The monoisotopic (exact) mass is 221 g/mol. The Morgan fingerprint density at radius 2 is 2.47 bits per heavy atom. The average molecular weight is 221 g/mol. The lowest BCUT2D eigenvalue weighted by Crippen LogP contribution is -1.81. The molecule has 0 spiro atoms. The zero-order valence-electron chi connectivity index (χ0n) is 7.71. The predicted molar refractivity (Wildman–Crippen MR) is 53.8 cm³/mol. The third kappa shape index (κ3) is 2.39. The molecule has 0 amide bonds. The number of furan rings is 1. The van der Waals surface area contributed by atoms with Gasteiger partial charge in [-0.15, -0.1) is 11.8 Å². The number of rotatable bonds is 4. The molecule has 2 rings (SSSR count). The second kappa shape index (κ2) is 4.66. The van der Waals surface area contributed by atoms with Crippen molar-refractivity contribution >= 4 is 11.8 Å². The molecular weight excluding hydrogens is 214 g/mol. The van der Waals surface area contributed by atoms with Gasteiger partial charge in [-0.25, -0.2) is 0 Å². The highest BCUT2D eigenvalue weighted by molar-refractivity contribution is 7.98. The molecule has 0 N–H and O–H groups in total. The molecule has 5 nitrogen and oxygen atoms in total. The lowest BCUT2D eigenvalue weighted by Gasteiger charge is -1.86. The molecule has 2 heterocycles. The van der Waals surface area contributed by atoms with E-state index in [-0.39, 0.29) is 0 Å². The van der Waals surface area contributed by atoms with Crippen LogP contribution in [0.2, 0.25) is 0 Å². The van der Waals surface area contributed by atoms with Crippen molar-refractivity contribution in [1.29, 1.82) is 5.26 Å². The highest BCUT2D eigenvalue weighted by Gasteiger charge is 2.08. The molecular formula is C9H7N3O2S. The van der Waals surface area contributed by atoms with E-state index < -0.39 is 0 Å². The molecule has 6 heteroatoms. The van der Waals surface area contributed by atoms with Gasteiger partial charge >= 0.3 is 0 Å². The Hall–Kier alpha value is -1.74. The van der Waals surface area contributed by atoms with Gasteiger partial charge in [0.05, 0.1) is 29.4 Å². The molecule has 15 heavy (non-hydrogen) atoms. The maximum absolute atomic E-state index is 8.35. The third-order valence-corrected chi connectivity index (χ3v) is 2.42. The van der Waals surface area contributed by atoms with E-state index >= 15 is 0 Å². The van der Waals surface area contributed by atoms with Crippen molar-refractivity contribution in [3.8, 4) is 17.5 Å². The van der Waals surface area contributed by atoms with Crippen LogP contribution in [-0.4, -0.2) is 15.9 Å². The summed E-state index contributed by atoms with van der Waals surface area (Å²) in [6, 6.07) is 3.79. The van der Waals surface area contributed by atoms with Crippen LogP contribution in [0.3, 0.4) is 0 Å². The van der Waals surface area contributed by atoms with Crippen LogP contribution in [0.15, 0.2) is 27.5 Å². The van der Waals surface area contributed by atoms with Gasteiger partial charge in [-0.05, 0) is 6.07 Å². The lowest BCUT2D eigenvalue weighted by molar-refractivity contribution is 0.391. The minimum Gasteiger partial charge on any atom is -0.472 e. The highest BCUT2D eigenvalue weighted by atomic mass is 32.2. The van der Waals surface area contributed by atoms with Crippen molar-refractivity contribution in [2.75, 3.05) is 5.75 Å². The number of thioether (sulfide) groups is 1. The van der Waals surface area contributed by atoms with E-state index in [2.05, 4.69) is 10.1 Å². The second-order valence-corrected chi connectivity index (χ2v) is 3.66. The van der Waals surface area contributed by atoms with E-state index in [1.165, 1.54) is 11.8 Å². The molecule has 0 aliphatic rings. The first-order valence-corrected chi connectivity index (χ1v) is 5.35. The summed E-state index contributed by atoms with van der Waals surface area (Å²) in [6.07, 6.45) is 3.10. The van der Waals surface area contributed by atoms with Crippen molar-refractivity contribution < 1.29 is 8.94 Å². The first kappa shape index (κ1) is 9.80. The molecule has 0 radical (unpaired) electrons. The van der Waals surface area contributed by atoms with Gasteiger partial charge in [0.15, 0.2) is 0 Å². The number of hydrogen-bond acceptors (Lipinski definition) is 6. The van der Waals surface area contributed by atoms with Crippen LogP contribution < -0.4 is 0 Å². The van der Waals surface area contributed by atoms with Gasteiger partial charge in [0, 0.05) is 0 Å². The summed E-state index contributed by atoms with van der Waals surface area (Å²) in [5, 5.41) is 12.1. The van der Waals surface area contributed by atoms with Gasteiger partial charge < -0.3 is 8.94 Å². The van der Waals surface area contributed by atoms with Gasteiger partial charge in [-0.1, -0.05) is 5.16 Å². The van der Waals surface area contributed by atoms with Crippen molar-refractivity contribution in [3.05, 3.63) is 24.5 Å². The van der Waals surface area contributed by atoms with E-state index in [9.17, 15) is 0 Å². The van der Waals surface area contributed by atoms with Crippen LogP contribution in [0.5, 0.6) is 0 Å². The summed E-state index contributed by atoms with van der Waals surface area (Å²) in [4.78, 5) is 4.16. The smallest absolute Gasteiger partial charge is 0.236 e. The van der Waals surface area contributed by atoms with Gasteiger partial charge in [0.2, 0.25) is 11.7 Å². The summed E-state index contributed by atoms with van der Waals surface area (Å²) < 4.78 is 9.91. The number of nitriles is 1. The summed E-state index contributed by atoms with van der Waals surface area (Å²) in [7, 11) is 0. The summed E-state index contributed by atoms with van der Waals surface area (Å²) >= 11 is 1.44. The predicted octanol–water partition coefficient (Wildman–Crippen LogP) is 2.09. The van der Waals surface area contributed by atoms with Crippen LogP contribution in [0.25, 0.3) is 11.4 Å². The van der Waals surface area contributed by atoms with Crippen LogP contribution in [0, 0.1) is 11.3 Å². The Morgan fingerprint density at radius 1 is 1.53 bits per heavy atom. The van der Waals surface area contributed by atoms with Crippen LogP contribution in [0.4, 0.5) is 0 Å². The molecule has 0 bridgehead atoms. The van der Waals surface area contributed by atoms with E-state index in [4.69, 9.17) is 14.2 Å². The topological polar surface area (TPSA) is 75.8 Å². The van der Waals surface area contributed by atoms with Gasteiger partial charge in [-0.2, -0.15) is 10.2 Å². The van der Waals surface area contributed by atoms with E-state index in [1.807, 2.05) is 6.07 Å². The minimum absolute atomic E-state index is 0.420. The lowest BCUT2D eigenvalue weighted by atomic mass is 10.3. The summed E-state index contributed by atoms with van der Waals surface area (Å²) in [5.41, 5.74) is 0.787. The fraction of sp³-hybridized carbons (Fsp3) is 0.222. The molecule has 0 atom stereocenters. The maximum Gasteiger partial charge on any atom is 0.236 e. The average Bonchev–Trinajstić information content (AvgIpc) is 2.87. The van der Waals surface area contributed by atoms with E-state index in [1.54, 1.807) is 18.6 Å². The van der Waals surface area contributed by atoms with Crippen molar-refractivity contribution in [2.45, 2.75) is 5.75 Å². The quantitative estimate of drug-likeness (QED) is 0.736. The molecule has 0 fully saturated rings. The number of aromatic nitrogens is 2. The molecule has 0 saturated heterocycles. The Kier molecular flexibility index (Phi) is 3.05. The first-order valence-electron chi connectivity index (χ1n) is 4.20. The zero-order chi connectivity index (χ0) is 10.5. The van der Waals surface area contributed by atoms with Crippen molar-refractivity contribution in [1.82, 2.24) is 10.1 Å². The van der Waals surface area contributed by atoms with E-state index in [0.717, 1.165) is 5.56 Å². The van der Waals surface area contributed by atoms with Crippen LogP contribution in [0.1, 0.15) is 5.89 Å². The molecule has 0 aliphatic heterocycles. The van der Waals surface area contributed by atoms with Gasteiger partial charge in [0.25, 0.3) is 0 Å². The second-order valence-electron chi connectivity index (χ2n) is 2.67. The SMILES string of the molecule is N#CCSCc1nc(-c2ccoc2)no1. The fourth-order valence-corrected chi connectivity index (χ4v) is 1.49. The molecule has 0 aromatic carbocycles. The Morgan fingerprint density at radius 3 is 3.20 bits per heavy atom. The Bertz CT molecular complexity index is 458. The minimum atomic E-state index is 0.420. The largest absolute Gasteiger partial charge is 0.472 e. The molecule has 76 valence electrons. The molecule has 0 aliphatic carbocycles. The van der Waals surface area contributed by atoms with Gasteiger partial charge in [-0.3, -0.25) is 0 Å². The zero-order valence-corrected chi connectivity index (χ0v) is 8.53. The maximum atomic E-state index is 8.35.